The van der Waals surface area contributed by atoms with Gasteiger partial charge in [0.05, 0.1) is 28.7 Å². The smallest absolute Gasteiger partial charge is 0.258 e. The first-order valence-electron chi connectivity index (χ1n) is 7.29. The highest BCUT2D eigenvalue weighted by atomic mass is 16.2. The molecule has 1 aromatic heterocycles. The van der Waals surface area contributed by atoms with Crippen LogP contribution in [-0.2, 0) is 0 Å². The highest BCUT2D eigenvalue weighted by Crippen LogP contribution is 2.32. The Hall–Kier alpha value is -2.82. The predicted molar refractivity (Wildman–Crippen MR) is 87.5 cm³/mol. The standard InChI is InChI=1S/C17H16N4O/c1-20-8-9-21(16-5-3-2-4-15(16)20)17(22)12-6-7-13-14(10-12)19-11-18-13/h2-7,10-11H,8-9H2,1H3,(H,18,19). The van der Waals surface area contributed by atoms with Crippen LogP contribution < -0.4 is 9.80 Å². The van der Waals surface area contributed by atoms with Gasteiger partial charge in [0.2, 0.25) is 0 Å². The van der Waals surface area contributed by atoms with E-state index in [4.69, 9.17) is 0 Å². The number of imidazole rings is 1. The fraction of sp³-hybridized carbons (Fsp3) is 0.176. The Morgan fingerprint density at radius 3 is 2.82 bits per heavy atom. The molecule has 1 amide bonds. The maximum atomic E-state index is 12.9. The number of para-hydroxylation sites is 2. The molecule has 5 heteroatoms. The van der Waals surface area contributed by atoms with E-state index in [-0.39, 0.29) is 5.91 Å². The normalized spacial score (nSPS) is 14.2. The Morgan fingerprint density at radius 2 is 1.95 bits per heavy atom. The Kier molecular flexibility index (Phi) is 2.85. The van der Waals surface area contributed by atoms with Gasteiger partial charge >= 0.3 is 0 Å². The number of carbonyl (C=O) groups excluding carboxylic acids is 1. The number of nitrogens with zero attached hydrogens (tertiary/aromatic N) is 3. The van der Waals surface area contributed by atoms with E-state index in [1.165, 1.54) is 0 Å². The number of amides is 1. The number of aromatic amines is 1. The maximum Gasteiger partial charge on any atom is 0.258 e. The molecular weight excluding hydrogens is 276 g/mol. The van der Waals surface area contributed by atoms with E-state index in [9.17, 15) is 4.79 Å². The first-order chi connectivity index (χ1) is 10.7. The molecule has 0 radical (unpaired) electrons. The summed E-state index contributed by atoms with van der Waals surface area (Å²) in [7, 11) is 2.05. The van der Waals surface area contributed by atoms with Crippen LogP contribution in [0, 0.1) is 0 Å². The molecule has 1 aliphatic heterocycles. The molecule has 1 N–H and O–H groups in total. The molecule has 0 bridgehead atoms. The summed E-state index contributed by atoms with van der Waals surface area (Å²) in [4.78, 5) is 24.2. The van der Waals surface area contributed by atoms with E-state index < -0.39 is 0 Å². The SMILES string of the molecule is CN1CCN(C(=O)c2ccc3nc[nH]c3c2)c2ccccc21. The largest absolute Gasteiger partial charge is 0.371 e. The summed E-state index contributed by atoms with van der Waals surface area (Å²) in [5, 5.41) is 0. The number of rotatable bonds is 1. The monoisotopic (exact) mass is 292 g/mol. The molecule has 0 spiro atoms. The molecule has 4 rings (SSSR count). The fourth-order valence-corrected chi connectivity index (χ4v) is 2.94. The number of likely N-dealkylation sites (N-methyl/N-ethyl adjacent to an activating group) is 1. The second-order valence-electron chi connectivity index (χ2n) is 5.50. The molecule has 22 heavy (non-hydrogen) atoms. The molecule has 1 aliphatic rings. The minimum Gasteiger partial charge on any atom is -0.371 e. The van der Waals surface area contributed by atoms with Gasteiger partial charge in [0.25, 0.3) is 5.91 Å². The Labute approximate surface area is 128 Å². The van der Waals surface area contributed by atoms with Crippen molar-refractivity contribution in [3.8, 4) is 0 Å². The van der Waals surface area contributed by atoms with Crippen molar-refractivity contribution in [3.05, 3.63) is 54.4 Å². The summed E-state index contributed by atoms with van der Waals surface area (Å²) in [6, 6.07) is 13.6. The number of fused-ring (bicyclic) bond motifs is 2. The quantitative estimate of drug-likeness (QED) is 0.750. The van der Waals surface area contributed by atoms with E-state index in [0.717, 1.165) is 29.0 Å². The first kappa shape index (κ1) is 12.9. The first-order valence-corrected chi connectivity index (χ1v) is 7.29. The van der Waals surface area contributed by atoms with E-state index in [2.05, 4.69) is 21.9 Å². The van der Waals surface area contributed by atoms with Crippen molar-refractivity contribution in [1.29, 1.82) is 0 Å². The number of nitrogens with one attached hydrogen (secondary N) is 1. The molecule has 0 saturated heterocycles. The van der Waals surface area contributed by atoms with Crippen LogP contribution in [0.3, 0.4) is 0 Å². The molecule has 0 saturated carbocycles. The zero-order valence-electron chi connectivity index (χ0n) is 12.3. The van der Waals surface area contributed by atoms with Crippen LogP contribution in [0.15, 0.2) is 48.8 Å². The van der Waals surface area contributed by atoms with E-state index in [0.29, 0.717) is 12.1 Å². The lowest BCUT2D eigenvalue weighted by atomic mass is 10.1. The fourth-order valence-electron chi connectivity index (χ4n) is 2.94. The molecule has 0 aliphatic carbocycles. The highest BCUT2D eigenvalue weighted by Gasteiger charge is 2.25. The molecule has 2 aromatic carbocycles. The van der Waals surface area contributed by atoms with Gasteiger partial charge in [-0.2, -0.15) is 0 Å². The average molecular weight is 292 g/mol. The van der Waals surface area contributed by atoms with Crippen LogP contribution in [0.2, 0.25) is 0 Å². The van der Waals surface area contributed by atoms with E-state index in [1.807, 2.05) is 47.4 Å². The number of aromatic nitrogens is 2. The van der Waals surface area contributed by atoms with Crippen LogP contribution in [-0.4, -0.2) is 36.0 Å². The Morgan fingerprint density at radius 1 is 1.14 bits per heavy atom. The zero-order chi connectivity index (χ0) is 15.1. The minimum atomic E-state index is 0.0250. The van der Waals surface area contributed by atoms with E-state index >= 15 is 0 Å². The lowest BCUT2D eigenvalue weighted by Crippen LogP contribution is -2.42. The van der Waals surface area contributed by atoms with Gasteiger partial charge in [-0.1, -0.05) is 12.1 Å². The van der Waals surface area contributed by atoms with E-state index in [1.54, 1.807) is 6.33 Å². The number of H-pyrrole nitrogens is 1. The minimum absolute atomic E-state index is 0.0250. The summed E-state index contributed by atoms with van der Waals surface area (Å²) in [5.41, 5.74) is 4.48. The molecule has 0 atom stereocenters. The van der Waals surface area contributed by atoms with Crippen LogP contribution in [0.5, 0.6) is 0 Å². The van der Waals surface area contributed by atoms with Crippen molar-refractivity contribution in [3.63, 3.8) is 0 Å². The third-order valence-corrected chi connectivity index (χ3v) is 4.16. The summed E-state index contributed by atoms with van der Waals surface area (Å²) in [6.45, 7) is 1.52. The second kappa shape index (κ2) is 4.87. The Bertz CT molecular complexity index is 854. The highest BCUT2D eigenvalue weighted by molar-refractivity contribution is 6.09. The third-order valence-electron chi connectivity index (χ3n) is 4.16. The number of benzene rings is 2. The number of carbonyl (C=O) groups is 1. The lowest BCUT2D eigenvalue weighted by molar-refractivity contribution is 0.0987. The van der Waals surface area contributed by atoms with Gasteiger partial charge in [0.15, 0.2) is 0 Å². The van der Waals surface area contributed by atoms with Crippen molar-refractivity contribution in [2.45, 2.75) is 0 Å². The predicted octanol–water partition coefficient (Wildman–Crippen LogP) is 2.66. The molecule has 5 nitrogen and oxygen atoms in total. The van der Waals surface area contributed by atoms with Gasteiger partial charge in [-0.15, -0.1) is 0 Å². The lowest BCUT2D eigenvalue weighted by Gasteiger charge is -2.35. The van der Waals surface area contributed by atoms with Crippen molar-refractivity contribution in [2.24, 2.45) is 0 Å². The molecule has 2 heterocycles. The zero-order valence-corrected chi connectivity index (χ0v) is 12.3. The molecule has 110 valence electrons. The molecular formula is C17H16N4O. The van der Waals surface area contributed by atoms with Gasteiger partial charge in [-0.05, 0) is 30.3 Å². The summed E-state index contributed by atoms with van der Waals surface area (Å²) in [5.74, 6) is 0.0250. The van der Waals surface area contributed by atoms with Gasteiger partial charge in [0, 0.05) is 25.7 Å². The average Bonchev–Trinajstić information content (AvgIpc) is 3.02. The molecule has 3 aromatic rings. The number of hydrogen-bond donors (Lipinski definition) is 1. The number of hydrogen-bond acceptors (Lipinski definition) is 3. The summed E-state index contributed by atoms with van der Waals surface area (Å²) in [6.07, 6.45) is 1.64. The van der Waals surface area contributed by atoms with Crippen LogP contribution in [0.4, 0.5) is 11.4 Å². The topological polar surface area (TPSA) is 52.2 Å². The third kappa shape index (κ3) is 1.94. The van der Waals surface area contributed by atoms with Gasteiger partial charge in [0.1, 0.15) is 0 Å². The van der Waals surface area contributed by atoms with Gasteiger partial charge < -0.3 is 14.8 Å². The van der Waals surface area contributed by atoms with Gasteiger partial charge in [-0.3, -0.25) is 4.79 Å². The van der Waals surface area contributed by atoms with Gasteiger partial charge in [-0.25, -0.2) is 4.98 Å². The number of anilines is 2. The van der Waals surface area contributed by atoms with Crippen LogP contribution in [0.25, 0.3) is 11.0 Å². The molecule has 0 fully saturated rings. The van der Waals surface area contributed by atoms with Crippen molar-refractivity contribution >= 4 is 28.3 Å². The van der Waals surface area contributed by atoms with Crippen molar-refractivity contribution < 1.29 is 4.79 Å². The Balaban J connectivity index is 1.75. The summed E-state index contributed by atoms with van der Waals surface area (Å²) >= 11 is 0. The maximum absolute atomic E-state index is 12.9. The second-order valence-corrected chi connectivity index (χ2v) is 5.50. The molecule has 0 unspecified atom stereocenters. The van der Waals surface area contributed by atoms with Crippen LogP contribution >= 0.6 is 0 Å². The van der Waals surface area contributed by atoms with Crippen LogP contribution in [0.1, 0.15) is 10.4 Å². The van der Waals surface area contributed by atoms with Crippen molar-refractivity contribution in [2.75, 3.05) is 29.9 Å². The summed E-state index contributed by atoms with van der Waals surface area (Å²) < 4.78 is 0. The van der Waals surface area contributed by atoms with Crippen molar-refractivity contribution in [1.82, 2.24) is 9.97 Å².